The van der Waals surface area contributed by atoms with Crippen LogP contribution in [0.1, 0.15) is 39.5 Å². The Labute approximate surface area is 96.9 Å². The van der Waals surface area contributed by atoms with Gasteiger partial charge in [-0.2, -0.15) is 0 Å². The molecule has 0 aromatic rings. The van der Waals surface area contributed by atoms with E-state index >= 15 is 0 Å². The van der Waals surface area contributed by atoms with Crippen LogP contribution in [-0.4, -0.2) is 29.9 Å². The minimum absolute atomic E-state index is 0.244. The van der Waals surface area contributed by atoms with Crippen LogP contribution in [0.5, 0.6) is 0 Å². The van der Waals surface area contributed by atoms with Gasteiger partial charge in [0.05, 0.1) is 5.97 Å². The molecule has 0 atom stereocenters. The molecule has 0 N–H and O–H groups in total. The zero-order valence-corrected chi connectivity index (χ0v) is 10.1. The molecule has 0 rings (SSSR count). The van der Waals surface area contributed by atoms with Gasteiger partial charge in [-0.25, -0.2) is 0 Å². The molecule has 0 aliphatic carbocycles. The number of unbranched alkanes of at least 4 members (excludes halogenated alkanes) is 2. The summed E-state index contributed by atoms with van der Waals surface area (Å²) in [6.07, 6.45) is 5.76. The third-order valence-corrected chi connectivity index (χ3v) is 2.24. The summed E-state index contributed by atoms with van der Waals surface area (Å²) < 4.78 is 0. The van der Waals surface area contributed by atoms with Crippen LogP contribution in [-0.2, 0) is 9.59 Å². The van der Waals surface area contributed by atoms with Crippen molar-refractivity contribution >= 4 is 11.9 Å². The number of carbonyl (C=O) groups is 2. The predicted molar refractivity (Wildman–Crippen MR) is 60.5 cm³/mol. The zero-order chi connectivity index (χ0) is 12.4. The van der Waals surface area contributed by atoms with E-state index in [2.05, 4.69) is 13.8 Å². The summed E-state index contributed by atoms with van der Waals surface area (Å²) in [4.78, 5) is 23.5. The van der Waals surface area contributed by atoms with Gasteiger partial charge in [0.25, 0.3) is 0 Å². The van der Waals surface area contributed by atoms with Gasteiger partial charge < -0.3 is 14.8 Å². The zero-order valence-electron chi connectivity index (χ0n) is 10.1. The number of aliphatic carboxylic acids is 1. The smallest absolute Gasteiger partial charge is 0.246 e. The molecule has 0 spiro atoms. The molecule has 16 heavy (non-hydrogen) atoms. The average molecular weight is 226 g/mol. The molecule has 0 radical (unpaired) electrons. The average Bonchev–Trinajstić information content (AvgIpc) is 2.26. The molecule has 4 heteroatoms. The van der Waals surface area contributed by atoms with Crippen molar-refractivity contribution in [2.75, 3.05) is 13.1 Å². The van der Waals surface area contributed by atoms with Crippen LogP contribution in [0.4, 0.5) is 0 Å². The van der Waals surface area contributed by atoms with E-state index in [9.17, 15) is 14.7 Å². The van der Waals surface area contributed by atoms with Crippen molar-refractivity contribution in [3.05, 3.63) is 12.2 Å². The first-order valence-electron chi connectivity index (χ1n) is 5.79. The largest absolute Gasteiger partial charge is 0.545 e. The van der Waals surface area contributed by atoms with Gasteiger partial charge in [0.15, 0.2) is 0 Å². The van der Waals surface area contributed by atoms with E-state index < -0.39 is 5.97 Å². The quantitative estimate of drug-likeness (QED) is 0.573. The Morgan fingerprint density at radius 2 is 1.56 bits per heavy atom. The molecule has 4 nitrogen and oxygen atoms in total. The minimum Gasteiger partial charge on any atom is -0.545 e. The van der Waals surface area contributed by atoms with Gasteiger partial charge in [0, 0.05) is 19.2 Å². The van der Waals surface area contributed by atoms with Gasteiger partial charge in [-0.15, -0.1) is 0 Å². The summed E-state index contributed by atoms with van der Waals surface area (Å²) in [5.74, 6) is -1.58. The van der Waals surface area contributed by atoms with Gasteiger partial charge in [0.2, 0.25) is 5.91 Å². The summed E-state index contributed by atoms with van der Waals surface area (Å²) in [6, 6.07) is 0. The lowest BCUT2D eigenvalue weighted by Crippen LogP contribution is -2.32. The maximum absolute atomic E-state index is 11.6. The molecule has 0 aliphatic rings. The summed E-state index contributed by atoms with van der Waals surface area (Å²) in [5.41, 5.74) is 0. The number of carboxylic acid groups (broad SMARTS) is 1. The van der Waals surface area contributed by atoms with Gasteiger partial charge in [-0.3, -0.25) is 4.79 Å². The Kier molecular flexibility index (Phi) is 8.21. The molecule has 0 heterocycles. The molecule has 0 aromatic carbocycles. The second-order valence-corrected chi connectivity index (χ2v) is 3.68. The van der Waals surface area contributed by atoms with E-state index in [1.165, 1.54) is 0 Å². The van der Waals surface area contributed by atoms with Crippen molar-refractivity contribution in [1.29, 1.82) is 0 Å². The maximum Gasteiger partial charge on any atom is 0.246 e. The highest BCUT2D eigenvalue weighted by Crippen LogP contribution is 2.00. The number of hydrogen-bond acceptors (Lipinski definition) is 3. The standard InChI is InChI=1S/C12H21NO3/c1-3-5-9-13(10-6-4-2)11(14)7-8-12(15)16/h7-8H,3-6,9-10H2,1-2H3,(H,15,16)/p-1/b8-7-. The number of carboxylic acids is 1. The van der Waals surface area contributed by atoms with Crippen LogP contribution in [0.25, 0.3) is 0 Å². The van der Waals surface area contributed by atoms with E-state index in [0.717, 1.165) is 37.8 Å². The predicted octanol–water partition coefficient (Wildman–Crippen LogP) is 0.721. The summed E-state index contributed by atoms with van der Waals surface area (Å²) in [6.45, 7) is 5.48. The highest BCUT2D eigenvalue weighted by atomic mass is 16.4. The number of rotatable bonds is 8. The third kappa shape index (κ3) is 7.04. The first-order valence-corrected chi connectivity index (χ1v) is 5.79. The Balaban J connectivity index is 4.24. The van der Waals surface area contributed by atoms with E-state index in [1.807, 2.05) is 0 Å². The second-order valence-electron chi connectivity index (χ2n) is 3.68. The van der Waals surface area contributed by atoms with E-state index in [-0.39, 0.29) is 5.91 Å². The summed E-state index contributed by atoms with van der Waals surface area (Å²) in [5, 5.41) is 10.2. The normalized spacial score (nSPS) is 10.6. The highest BCUT2D eigenvalue weighted by molar-refractivity contribution is 5.93. The Morgan fingerprint density at radius 1 is 1.06 bits per heavy atom. The van der Waals surface area contributed by atoms with Crippen LogP contribution < -0.4 is 5.11 Å². The molecule has 0 bridgehead atoms. The number of amides is 1. The lowest BCUT2D eigenvalue weighted by atomic mass is 10.2. The van der Waals surface area contributed by atoms with E-state index in [4.69, 9.17) is 0 Å². The molecule has 0 fully saturated rings. The molecule has 0 saturated carbocycles. The fourth-order valence-electron chi connectivity index (χ4n) is 1.27. The number of hydrogen-bond donors (Lipinski definition) is 0. The van der Waals surface area contributed by atoms with Crippen molar-refractivity contribution in [2.24, 2.45) is 0 Å². The van der Waals surface area contributed by atoms with Crippen LogP contribution >= 0.6 is 0 Å². The summed E-state index contributed by atoms with van der Waals surface area (Å²) in [7, 11) is 0. The van der Waals surface area contributed by atoms with Gasteiger partial charge in [0.1, 0.15) is 0 Å². The van der Waals surface area contributed by atoms with Crippen LogP contribution in [0.15, 0.2) is 12.2 Å². The van der Waals surface area contributed by atoms with Gasteiger partial charge >= 0.3 is 0 Å². The number of nitrogens with zero attached hydrogens (tertiary/aromatic N) is 1. The van der Waals surface area contributed by atoms with Gasteiger partial charge in [-0.1, -0.05) is 26.7 Å². The molecule has 0 aromatic heterocycles. The lowest BCUT2D eigenvalue weighted by Gasteiger charge is -2.20. The van der Waals surface area contributed by atoms with Gasteiger partial charge in [-0.05, 0) is 18.9 Å². The number of carbonyl (C=O) groups excluding carboxylic acids is 2. The van der Waals surface area contributed by atoms with Crippen molar-refractivity contribution in [3.63, 3.8) is 0 Å². The summed E-state index contributed by atoms with van der Waals surface area (Å²) >= 11 is 0. The molecular formula is C12H20NO3-. The van der Waals surface area contributed by atoms with Crippen molar-refractivity contribution in [2.45, 2.75) is 39.5 Å². The minimum atomic E-state index is -1.33. The molecular weight excluding hydrogens is 206 g/mol. The third-order valence-electron chi connectivity index (χ3n) is 2.24. The molecule has 0 unspecified atom stereocenters. The molecule has 0 saturated heterocycles. The Morgan fingerprint density at radius 3 is 1.94 bits per heavy atom. The van der Waals surface area contributed by atoms with Crippen molar-refractivity contribution in [3.8, 4) is 0 Å². The van der Waals surface area contributed by atoms with Crippen LogP contribution in [0, 0.1) is 0 Å². The lowest BCUT2D eigenvalue weighted by molar-refractivity contribution is -0.297. The van der Waals surface area contributed by atoms with Crippen molar-refractivity contribution < 1.29 is 14.7 Å². The monoisotopic (exact) mass is 226 g/mol. The fourth-order valence-corrected chi connectivity index (χ4v) is 1.27. The molecule has 1 amide bonds. The molecule has 0 aliphatic heterocycles. The van der Waals surface area contributed by atoms with E-state index in [1.54, 1.807) is 4.90 Å². The first-order chi connectivity index (χ1) is 7.61. The van der Waals surface area contributed by atoms with Crippen LogP contribution in [0.3, 0.4) is 0 Å². The molecule has 92 valence electrons. The SMILES string of the molecule is CCCCN(CCCC)C(=O)/C=C\C(=O)[O-]. The Bertz CT molecular complexity index is 241. The topological polar surface area (TPSA) is 60.4 Å². The van der Waals surface area contributed by atoms with Crippen molar-refractivity contribution in [1.82, 2.24) is 4.90 Å². The van der Waals surface area contributed by atoms with Crippen LogP contribution in [0.2, 0.25) is 0 Å². The first kappa shape index (κ1) is 14.7. The second kappa shape index (κ2) is 8.95. The highest BCUT2D eigenvalue weighted by Gasteiger charge is 2.08. The van der Waals surface area contributed by atoms with E-state index in [0.29, 0.717) is 13.1 Å². The Hall–Kier alpha value is -1.32. The fraction of sp³-hybridized carbons (Fsp3) is 0.667. The maximum atomic E-state index is 11.6.